The minimum atomic E-state index is -1.98. The first-order valence-electron chi connectivity index (χ1n) is 35.6. The van der Waals surface area contributed by atoms with Crippen LogP contribution in [0.1, 0.15) is 166 Å². The summed E-state index contributed by atoms with van der Waals surface area (Å²) in [6.45, 7) is 24.9. The van der Waals surface area contributed by atoms with Crippen LogP contribution in [0.5, 0.6) is 0 Å². The quantitative estimate of drug-likeness (QED) is 0.00905. The molecule has 101 heavy (non-hydrogen) atoms. The predicted molar refractivity (Wildman–Crippen MR) is 370 cm³/mol. The fourth-order valence-corrected chi connectivity index (χ4v) is 15.3. The molecule has 0 saturated carbocycles. The molecule has 0 bridgehead atoms. The number of azide groups is 1. The Hall–Kier alpha value is -5.67. The van der Waals surface area contributed by atoms with Gasteiger partial charge in [-0.1, -0.05) is 93.8 Å². The molecule has 0 radical (unpaired) electrons. The Labute approximate surface area is 597 Å². The van der Waals surface area contributed by atoms with Crippen molar-refractivity contribution >= 4 is 58.3 Å². The monoisotopic (exact) mass is 1440 g/mol. The van der Waals surface area contributed by atoms with Crippen LogP contribution >= 0.6 is 8.46 Å². The third-order valence-electron chi connectivity index (χ3n) is 19.4. The second-order valence-corrected chi connectivity index (χ2v) is 30.1. The zero-order valence-corrected chi connectivity index (χ0v) is 62.4. The molecule has 0 N–H and O–H groups in total. The molecule has 7 rings (SSSR count). The number of ether oxygens (including phenoxy) is 16. The van der Waals surface area contributed by atoms with E-state index in [1.54, 1.807) is 18.7 Å². The van der Waals surface area contributed by atoms with Gasteiger partial charge in [-0.2, -0.15) is 0 Å². The normalized spacial score (nSPS) is 31.6. The number of carbonyl (C=O) groups excluding carboxylic acids is 6. The van der Waals surface area contributed by atoms with E-state index in [1.165, 1.54) is 21.0 Å². The molecule has 5 fully saturated rings. The van der Waals surface area contributed by atoms with Gasteiger partial charge in [0.15, 0.2) is 0 Å². The molecule has 0 spiro atoms. The maximum atomic E-state index is 14.5. The first-order chi connectivity index (χ1) is 48.0. The van der Waals surface area contributed by atoms with Gasteiger partial charge >= 0.3 is 355 Å². The Morgan fingerprint density at radius 3 is 1.96 bits per heavy atom. The van der Waals surface area contributed by atoms with Crippen LogP contribution in [0.25, 0.3) is 10.4 Å². The molecule has 1 amide bonds. The second kappa shape index (κ2) is 38.9. The number of benzene rings is 2. The number of nitrogens with zero attached hydrogens (tertiary/aromatic N) is 4. The zero-order valence-electron chi connectivity index (χ0n) is 61.4. The van der Waals surface area contributed by atoms with Crippen LogP contribution < -0.4 is 0 Å². The van der Waals surface area contributed by atoms with Gasteiger partial charge in [0.05, 0.1) is 13.7 Å². The Bertz CT molecular complexity index is 3050. The van der Waals surface area contributed by atoms with Crippen molar-refractivity contribution in [1.82, 2.24) is 4.90 Å². The Morgan fingerprint density at radius 1 is 0.743 bits per heavy atom. The summed E-state index contributed by atoms with van der Waals surface area (Å²) in [6, 6.07) is 17.9. The van der Waals surface area contributed by atoms with Gasteiger partial charge in [-0.25, -0.2) is 9.59 Å². The first-order valence-corrected chi connectivity index (χ1v) is 36.8. The van der Waals surface area contributed by atoms with Crippen molar-refractivity contribution in [3.8, 4) is 0 Å². The van der Waals surface area contributed by atoms with E-state index >= 15 is 0 Å². The van der Waals surface area contributed by atoms with Crippen molar-refractivity contribution in [2.75, 3.05) is 33.5 Å². The van der Waals surface area contributed by atoms with Crippen LogP contribution in [0.4, 0.5) is 4.79 Å². The summed E-state index contributed by atoms with van der Waals surface area (Å²) in [6.07, 6.45) is -11.3. The fraction of sp³-hybridized carbons (Fsp3) is 0.746. The van der Waals surface area contributed by atoms with Crippen LogP contribution in [-0.2, 0) is 118 Å². The van der Waals surface area contributed by atoms with Crippen molar-refractivity contribution in [2.24, 2.45) is 34.2 Å². The number of rotatable bonds is 35. The minimum absolute atomic E-state index is 0.0125. The van der Waals surface area contributed by atoms with Gasteiger partial charge < -0.3 is 23.8 Å². The summed E-state index contributed by atoms with van der Waals surface area (Å²) < 4.78 is 116. The molecule has 30 heteroatoms. The van der Waals surface area contributed by atoms with Crippen molar-refractivity contribution in [2.45, 2.75) is 277 Å². The van der Waals surface area contributed by atoms with Gasteiger partial charge in [-0.05, 0) is 48.8 Å². The molecule has 27 nitrogen and oxygen atoms in total. The van der Waals surface area contributed by atoms with Crippen molar-refractivity contribution in [1.29, 1.82) is 0 Å². The summed E-state index contributed by atoms with van der Waals surface area (Å²) in [5, 5.41) is 3.98. The van der Waals surface area contributed by atoms with Crippen molar-refractivity contribution < 1.29 is 109 Å². The summed E-state index contributed by atoms with van der Waals surface area (Å²) >= 11 is 0. The van der Waals surface area contributed by atoms with Gasteiger partial charge in [-0.3, -0.25) is 14.4 Å². The molecule has 5 aliphatic rings. The van der Waals surface area contributed by atoms with E-state index in [0.717, 1.165) is 57.7 Å². The molecule has 8 unspecified atom stereocenters. The Kier molecular flexibility index (Phi) is 31.8. The molecule has 2 aromatic rings. The summed E-state index contributed by atoms with van der Waals surface area (Å²) in [4.78, 5) is 84.3. The number of unbranched alkanes of at least 4 members (excludes halogenated alkanes) is 3. The van der Waals surface area contributed by atoms with Crippen LogP contribution in [0.3, 0.4) is 0 Å². The van der Waals surface area contributed by atoms with E-state index in [-0.39, 0.29) is 59.5 Å². The van der Waals surface area contributed by atoms with Gasteiger partial charge in [0.2, 0.25) is 0 Å². The Morgan fingerprint density at radius 2 is 1.36 bits per heavy atom. The molecular weight excluding hydrogens is 1330 g/mol. The van der Waals surface area contributed by atoms with Gasteiger partial charge in [0.1, 0.15) is 6.61 Å². The topological polar surface area (TPSA) is 319 Å². The van der Waals surface area contributed by atoms with E-state index < -0.39 is 163 Å². The predicted octanol–water partition coefficient (Wildman–Crippen LogP) is 10.1. The zero-order chi connectivity index (χ0) is 73.8. The number of methoxy groups -OCH3 is 1. The van der Waals surface area contributed by atoms with E-state index in [1.807, 2.05) is 102 Å². The number of esters is 5. The maximum absolute atomic E-state index is 14.5. The van der Waals surface area contributed by atoms with Crippen LogP contribution in [0.15, 0.2) is 65.8 Å². The van der Waals surface area contributed by atoms with Crippen LogP contribution in [-0.4, -0.2) is 198 Å². The molecule has 0 aromatic heterocycles. The molecule has 5 saturated heterocycles. The number of carbonyl (C=O) groups is 6. The first kappa shape index (κ1) is 82.6. The molecule has 2 aromatic carbocycles. The van der Waals surface area contributed by atoms with E-state index in [0.29, 0.717) is 38.8 Å². The van der Waals surface area contributed by atoms with Crippen molar-refractivity contribution in [3.05, 3.63) is 82.2 Å². The Balaban J connectivity index is 1.17. The fourth-order valence-electron chi connectivity index (χ4n) is 13.7. The standard InChI is InChI=1S/C71H107B2N4O23P/c1-16-41(3)51-34-43(5)57(97-64-54(75-76-74)60(91-47(9)80)58(90-46(8)79)52(94-64)38-86-45(7)78)65(93-51)98-61-62(92-48(10)81)66(96-56(42(4)17-2)63(61)101-73-72-84)95-55-44(6)35-71(67(82)85-15,100-59(55)53-39-88-70(13,14)99-53)89-40-69(11,12)32-26-18-19-27-33-77(36-49-28-22-20-23-29-49)68(83)87-37-50-30-24-21-25-31-50/h20-25,28-31,41-44,51-66,73,101H,16-19,26-27,32-40H2,1-15H3/t41-,42-,43?,44+,51+,52?,53+,54+,55+,56?,57?,58+,59?,60?,61+,62?,63+,64+,65+,66-,71+/m0/s1. The third-order valence-corrected chi connectivity index (χ3v) is 20.9. The molecular formula is C71H107B2N4O23P. The third kappa shape index (κ3) is 23.4. The summed E-state index contributed by atoms with van der Waals surface area (Å²) in [7, 11) is 1.91. The molecule has 560 valence electrons. The SMILES string of the molecule is CC[C@H](C)C1O[C@H](O[C@H]2C([C@H]3COC(C)(C)O3)O[C@@](OCC(C)(C)CCCCCCN(Cc3ccccc3)C(=O)OCc3ccccc3)(C(=O)OC)C[C@H]2C)C(OC(C)=O)[C@@H](O[C@H]2O[C@@H]([C@@H](C)CC)CC(C)C2O[C@H]2OC(COC(C)=O)[C@@H](OC(C)=O)C(OC(C)=O)[C@H]2N=[N+]=[N-])[C@@H]1PBB=O. The number of hydrogen-bond acceptors (Lipinski definition) is 24. The van der Waals surface area contributed by atoms with Gasteiger partial charge in [0.25, 0.3) is 0 Å². The molecule has 0 aliphatic carbocycles. The van der Waals surface area contributed by atoms with Crippen LogP contribution in [0, 0.1) is 29.1 Å². The average Bonchev–Trinajstić information content (AvgIpc) is 1.67. The van der Waals surface area contributed by atoms with Crippen molar-refractivity contribution in [3.63, 3.8) is 0 Å². The molecule has 5 aliphatic heterocycles. The summed E-state index contributed by atoms with van der Waals surface area (Å²) in [5.41, 5.74) is 10.8. The molecule has 5 heterocycles. The van der Waals surface area contributed by atoms with E-state index in [4.69, 9.17) is 75.8 Å². The van der Waals surface area contributed by atoms with Gasteiger partial charge in [0, 0.05) is 33.9 Å². The molecule has 22 atom stereocenters. The van der Waals surface area contributed by atoms with Crippen LogP contribution in [0.2, 0.25) is 0 Å². The van der Waals surface area contributed by atoms with E-state index in [2.05, 4.69) is 23.9 Å². The van der Waals surface area contributed by atoms with Gasteiger partial charge in [-0.15, -0.1) is 0 Å². The second-order valence-electron chi connectivity index (χ2n) is 28.6. The average molecular weight is 1440 g/mol. The summed E-state index contributed by atoms with van der Waals surface area (Å²) in [5.74, 6) is -8.23. The number of amides is 1. The van der Waals surface area contributed by atoms with E-state index in [9.17, 15) is 39.0 Å². The number of hydrogen-bond donors (Lipinski definition) is 0.